The Morgan fingerprint density at radius 2 is 1.68 bits per heavy atom. The van der Waals surface area contributed by atoms with Crippen molar-refractivity contribution >= 4 is 40.8 Å². The number of anilines is 1. The molecule has 0 radical (unpaired) electrons. The number of pyridine rings is 1. The van der Waals surface area contributed by atoms with Crippen molar-refractivity contribution in [2.75, 3.05) is 5.32 Å². The topological polar surface area (TPSA) is 88.9 Å². The van der Waals surface area contributed by atoms with E-state index < -0.39 is 5.91 Å². The van der Waals surface area contributed by atoms with E-state index >= 15 is 0 Å². The molecule has 2 N–H and O–H groups in total. The predicted octanol–water partition coefficient (Wildman–Crippen LogP) is 5.39. The van der Waals surface area contributed by atoms with Gasteiger partial charge in [0.05, 0.1) is 27.0 Å². The second-order valence-corrected chi connectivity index (χ2v) is 8.71. The van der Waals surface area contributed by atoms with Crippen LogP contribution < -0.4 is 10.6 Å². The number of nitrogens with zero attached hydrogens (tertiary/aromatic N) is 3. The summed E-state index contributed by atoms with van der Waals surface area (Å²) in [4.78, 5) is 30.2. The average Bonchev–Trinajstić information content (AvgIpc) is 3.56. The molecule has 1 aliphatic carbocycles. The predicted molar refractivity (Wildman–Crippen MR) is 132 cm³/mol. The minimum Gasteiger partial charge on any atom is -0.348 e. The molecule has 9 heteroatoms. The number of benzene rings is 2. The molecule has 4 aromatic rings. The average molecular weight is 492 g/mol. The highest BCUT2D eigenvalue weighted by molar-refractivity contribution is 6.38. The van der Waals surface area contributed by atoms with Gasteiger partial charge < -0.3 is 10.6 Å². The van der Waals surface area contributed by atoms with Gasteiger partial charge in [-0.25, -0.2) is 4.68 Å². The highest BCUT2D eigenvalue weighted by Crippen LogP contribution is 2.32. The van der Waals surface area contributed by atoms with E-state index in [1.165, 1.54) is 10.7 Å². The molecule has 2 aromatic heterocycles. The SMILES string of the molecule is O=C(NC1CC1)c1cc(NC(=O)c2cc(-c3ccccn3)c(Cl)cc2Cl)n(-c2ccccc2)n1. The van der Waals surface area contributed by atoms with Crippen LogP contribution in [0.2, 0.25) is 10.0 Å². The van der Waals surface area contributed by atoms with E-state index in [0.717, 1.165) is 12.8 Å². The molecule has 2 aromatic carbocycles. The molecular formula is C25H19Cl2N5O2. The molecule has 1 aliphatic rings. The fraction of sp³-hybridized carbons (Fsp3) is 0.120. The maximum absolute atomic E-state index is 13.3. The first-order valence-electron chi connectivity index (χ1n) is 10.7. The summed E-state index contributed by atoms with van der Waals surface area (Å²) in [6.07, 6.45) is 3.57. The van der Waals surface area contributed by atoms with Crippen LogP contribution in [0.1, 0.15) is 33.7 Å². The van der Waals surface area contributed by atoms with Crippen LogP contribution in [0, 0.1) is 0 Å². The maximum Gasteiger partial charge on any atom is 0.272 e. The first-order chi connectivity index (χ1) is 16.5. The molecule has 0 bridgehead atoms. The minimum atomic E-state index is -0.468. The van der Waals surface area contributed by atoms with E-state index in [9.17, 15) is 9.59 Å². The highest BCUT2D eigenvalue weighted by atomic mass is 35.5. The maximum atomic E-state index is 13.3. The normalized spacial score (nSPS) is 12.9. The third-order valence-corrected chi connectivity index (χ3v) is 5.96. The number of aromatic nitrogens is 3. The Hall–Kier alpha value is -3.68. The fourth-order valence-electron chi connectivity index (χ4n) is 3.46. The second-order valence-electron chi connectivity index (χ2n) is 7.89. The molecule has 0 unspecified atom stereocenters. The van der Waals surface area contributed by atoms with Crippen molar-refractivity contribution in [1.29, 1.82) is 0 Å². The standard InChI is InChI=1S/C25H19Cl2N5O2/c26-19-13-20(27)18(12-17(19)21-8-4-5-11-28-21)24(33)30-23-14-22(25(34)29-15-9-10-15)31-32(23)16-6-2-1-3-7-16/h1-8,11-15H,9-10H2,(H,29,34)(H,30,33). The van der Waals surface area contributed by atoms with Crippen molar-refractivity contribution in [1.82, 2.24) is 20.1 Å². The van der Waals surface area contributed by atoms with Gasteiger partial charge in [-0.2, -0.15) is 5.10 Å². The van der Waals surface area contributed by atoms with E-state index in [4.69, 9.17) is 23.2 Å². The van der Waals surface area contributed by atoms with Crippen LogP contribution >= 0.6 is 23.2 Å². The van der Waals surface area contributed by atoms with Gasteiger partial charge in [0.15, 0.2) is 5.69 Å². The molecule has 2 heterocycles. The van der Waals surface area contributed by atoms with Crippen LogP contribution in [0.4, 0.5) is 5.82 Å². The van der Waals surface area contributed by atoms with Gasteiger partial charge in [0, 0.05) is 23.9 Å². The third kappa shape index (κ3) is 4.66. The molecule has 0 saturated heterocycles. The number of halogens is 2. The molecular weight excluding hydrogens is 473 g/mol. The molecule has 170 valence electrons. The fourth-order valence-corrected chi connectivity index (χ4v) is 4.02. The Morgan fingerprint density at radius 3 is 2.38 bits per heavy atom. The van der Waals surface area contributed by atoms with E-state index in [1.807, 2.05) is 36.4 Å². The molecule has 0 spiro atoms. The number of nitrogens with one attached hydrogen (secondary N) is 2. The van der Waals surface area contributed by atoms with Gasteiger partial charge in [-0.05, 0) is 49.2 Å². The van der Waals surface area contributed by atoms with Gasteiger partial charge in [-0.3, -0.25) is 14.6 Å². The quantitative estimate of drug-likeness (QED) is 0.378. The van der Waals surface area contributed by atoms with Crippen LogP contribution in [-0.4, -0.2) is 32.6 Å². The van der Waals surface area contributed by atoms with Crippen LogP contribution in [0.3, 0.4) is 0 Å². The minimum absolute atomic E-state index is 0.185. The lowest BCUT2D eigenvalue weighted by Crippen LogP contribution is -2.25. The van der Waals surface area contributed by atoms with Gasteiger partial charge in [0.2, 0.25) is 0 Å². The summed E-state index contributed by atoms with van der Waals surface area (Å²) in [6, 6.07) is 19.5. The largest absolute Gasteiger partial charge is 0.348 e. The monoisotopic (exact) mass is 491 g/mol. The summed E-state index contributed by atoms with van der Waals surface area (Å²) in [5.74, 6) is -0.415. The summed E-state index contributed by atoms with van der Waals surface area (Å²) in [6.45, 7) is 0. The number of hydrogen-bond acceptors (Lipinski definition) is 4. The lowest BCUT2D eigenvalue weighted by Gasteiger charge is -2.12. The lowest BCUT2D eigenvalue weighted by molar-refractivity contribution is 0.0944. The second kappa shape index (κ2) is 9.29. The summed E-state index contributed by atoms with van der Waals surface area (Å²) < 4.78 is 1.52. The Morgan fingerprint density at radius 1 is 0.912 bits per heavy atom. The van der Waals surface area contributed by atoms with E-state index in [1.54, 1.807) is 30.5 Å². The Balaban J connectivity index is 1.49. The van der Waals surface area contributed by atoms with E-state index in [0.29, 0.717) is 27.8 Å². The highest BCUT2D eigenvalue weighted by Gasteiger charge is 2.26. The van der Waals surface area contributed by atoms with E-state index in [2.05, 4.69) is 20.7 Å². The van der Waals surface area contributed by atoms with Crippen molar-refractivity contribution in [3.63, 3.8) is 0 Å². The van der Waals surface area contributed by atoms with Gasteiger partial charge in [0.1, 0.15) is 5.82 Å². The number of carbonyl (C=O) groups excluding carboxylic acids is 2. The van der Waals surface area contributed by atoms with Crippen molar-refractivity contribution in [2.24, 2.45) is 0 Å². The first kappa shape index (κ1) is 22.1. The number of hydrogen-bond donors (Lipinski definition) is 2. The number of carbonyl (C=O) groups is 2. The Labute approximate surface area is 205 Å². The summed E-state index contributed by atoms with van der Waals surface area (Å²) >= 11 is 12.8. The molecule has 0 aliphatic heterocycles. The van der Waals surface area contributed by atoms with Gasteiger partial charge in [0.25, 0.3) is 11.8 Å². The summed E-state index contributed by atoms with van der Waals surface area (Å²) in [5, 5.41) is 10.8. The van der Waals surface area contributed by atoms with Gasteiger partial charge in [-0.1, -0.05) is 47.5 Å². The van der Waals surface area contributed by atoms with E-state index in [-0.39, 0.29) is 28.2 Å². The molecule has 1 fully saturated rings. The smallest absolute Gasteiger partial charge is 0.272 e. The molecule has 0 atom stereocenters. The molecule has 1 saturated carbocycles. The zero-order chi connectivity index (χ0) is 23.7. The van der Waals surface area contributed by atoms with Gasteiger partial charge >= 0.3 is 0 Å². The van der Waals surface area contributed by atoms with Crippen molar-refractivity contribution in [3.8, 4) is 16.9 Å². The Kier molecular flexibility index (Phi) is 6.04. The molecule has 2 amide bonds. The first-order valence-corrected chi connectivity index (χ1v) is 11.4. The zero-order valence-electron chi connectivity index (χ0n) is 17.8. The zero-order valence-corrected chi connectivity index (χ0v) is 19.3. The Bertz CT molecular complexity index is 1370. The molecule has 5 rings (SSSR count). The van der Waals surface area contributed by atoms with Gasteiger partial charge in [-0.15, -0.1) is 0 Å². The summed E-state index contributed by atoms with van der Waals surface area (Å²) in [5.41, 5.74) is 2.32. The molecule has 34 heavy (non-hydrogen) atoms. The number of amides is 2. The number of rotatable bonds is 6. The summed E-state index contributed by atoms with van der Waals surface area (Å²) in [7, 11) is 0. The van der Waals surface area contributed by atoms with Crippen molar-refractivity contribution in [2.45, 2.75) is 18.9 Å². The lowest BCUT2D eigenvalue weighted by atomic mass is 10.1. The van der Waals surface area contributed by atoms with Crippen LogP contribution in [0.5, 0.6) is 0 Å². The number of para-hydroxylation sites is 1. The third-order valence-electron chi connectivity index (χ3n) is 5.34. The van der Waals surface area contributed by atoms with Crippen molar-refractivity contribution in [3.05, 3.63) is 94.2 Å². The van der Waals surface area contributed by atoms with Crippen molar-refractivity contribution < 1.29 is 9.59 Å². The van der Waals surface area contributed by atoms with Crippen LogP contribution in [0.15, 0.2) is 72.9 Å². The molecule has 7 nitrogen and oxygen atoms in total. The van der Waals surface area contributed by atoms with Crippen LogP contribution in [0.25, 0.3) is 16.9 Å². The van der Waals surface area contributed by atoms with Crippen LogP contribution in [-0.2, 0) is 0 Å².